The molecule has 0 spiro atoms. The monoisotopic (exact) mass is 409 g/mol. The summed E-state index contributed by atoms with van der Waals surface area (Å²) >= 11 is 0. The van der Waals surface area contributed by atoms with Crippen LogP contribution in [0.3, 0.4) is 0 Å². The first-order chi connectivity index (χ1) is 14.6. The molecule has 0 unspecified atom stereocenters. The SMILES string of the molecule is Cc1nn(-c2ccc(F)cc2)c(-n2cccc2)c1C(=O)NCCN1CCCCCC1. The quantitative estimate of drug-likeness (QED) is 0.675. The lowest BCUT2D eigenvalue weighted by Crippen LogP contribution is -2.35. The number of nitrogens with one attached hydrogen (secondary N) is 1. The lowest BCUT2D eigenvalue weighted by molar-refractivity contribution is 0.0948. The fourth-order valence-corrected chi connectivity index (χ4v) is 4.03. The molecule has 1 N–H and O–H groups in total. The first-order valence-corrected chi connectivity index (χ1v) is 10.6. The molecule has 3 aromatic rings. The van der Waals surface area contributed by atoms with Gasteiger partial charge >= 0.3 is 0 Å². The zero-order chi connectivity index (χ0) is 20.9. The minimum absolute atomic E-state index is 0.139. The van der Waals surface area contributed by atoms with Gasteiger partial charge < -0.3 is 14.8 Å². The molecule has 0 radical (unpaired) electrons. The number of hydrogen-bond donors (Lipinski definition) is 1. The van der Waals surface area contributed by atoms with Crippen LogP contribution in [0, 0.1) is 12.7 Å². The predicted molar refractivity (Wildman–Crippen MR) is 115 cm³/mol. The highest BCUT2D eigenvalue weighted by atomic mass is 19.1. The van der Waals surface area contributed by atoms with Crippen LogP contribution in [0.2, 0.25) is 0 Å². The molecule has 1 aromatic carbocycles. The summed E-state index contributed by atoms with van der Waals surface area (Å²) in [5.74, 6) is 0.201. The molecule has 6 nitrogen and oxygen atoms in total. The summed E-state index contributed by atoms with van der Waals surface area (Å²) in [6.07, 6.45) is 8.81. The number of aryl methyl sites for hydroxylation is 1. The van der Waals surface area contributed by atoms with E-state index in [0.29, 0.717) is 29.3 Å². The Morgan fingerprint density at radius 1 is 1.07 bits per heavy atom. The van der Waals surface area contributed by atoms with Crippen LogP contribution in [0.4, 0.5) is 4.39 Å². The van der Waals surface area contributed by atoms with E-state index in [-0.39, 0.29) is 11.7 Å². The van der Waals surface area contributed by atoms with Crippen LogP contribution in [-0.2, 0) is 0 Å². The van der Waals surface area contributed by atoms with Crippen molar-refractivity contribution in [3.05, 3.63) is 65.9 Å². The number of nitrogens with zero attached hydrogens (tertiary/aromatic N) is 4. The summed E-state index contributed by atoms with van der Waals surface area (Å²) in [7, 11) is 0. The largest absolute Gasteiger partial charge is 0.351 e. The van der Waals surface area contributed by atoms with Gasteiger partial charge in [0.1, 0.15) is 11.4 Å². The number of halogens is 1. The zero-order valence-corrected chi connectivity index (χ0v) is 17.4. The lowest BCUT2D eigenvalue weighted by Gasteiger charge is -2.19. The van der Waals surface area contributed by atoms with E-state index in [0.717, 1.165) is 19.6 Å². The minimum Gasteiger partial charge on any atom is -0.351 e. The highest BCUT2D eigenvalue weighted by Crippen LogP contribution is 2.23. The van der Waals surface area contributed by atoms with E-state index in [2.05, 4.69) is 15.3 Å². The fourth-order valence-electron chi connectivity index (χ4n) is 4.03. The summed E-state index contributed by atoms with van der Waals surface area (Å²) in [5.41, 5.74) is 1.87. The minimum atomic E-state index is -0.309. The Morgan fingerprint density at radius 3 is 2.40 bits per heavy atom. The molecule has 1 aliphatic heterocycles. The maximum atomic E-state index is 13.4. The van der Waals surface area contributed by atoms with E-state index >= 15 is 0 Å². The molecule has 1 aliphatic rings. The van der Waals surface area contributed by atoms with Gasteiger partial charge in [-0.05, 0) is 69.3 Å². The summed E-state index contributed by atoms with van der Waals surface area (Å²) in [5, 5.41) is 7.68. The Balaban J connectivity index is 1.57. The van der Waals surface area contributed by atoms with Crippen molar-refractivity contribution in [2.75, 3.05) is 26.2 Å². The van der Waals surface area contributed by atoms with Crippen LogP contribution >= 0.6 is 0 Å². The van der Waals surface area contributed by atoms with Gasteiger partial charge in [0.15, 0.2) is 5.82 Å². The predicted octanol–water partition coefficient (Wildman–Crippen LogP) is 3.72. The number of hydrogen-bond acceptors (Lipinski definition) is 3. The third-order valence-electron chi connectivity index (χ3n) is 5.60. The summed E-state index contributed by atoms with van der Waals surface area (Å²) in [6, 6.07) is 9.92. The maximum Gasteiger partial charge on any atom is 0.257 e. The van der Waals surface area contributed by atoms with Crippen molar-refractivity contribution < 1.29 is 9.18 Å². The summed E-state index contributed by atoms with van der Waals surface area (Å²) < 4.78 is 17.0. The van der Waals surface area contributed by atoms with Gasteiger partial charge in [0, 0.05) is 25.5 Å². The number of rotatable bonds is 6. The Hall–Kier alpha value is -2.93. The Morgan fingerprint density at radius 2 is 1.73 bits per heavy atom. The molecule has 2 aromatic heterocycles. The molecule has 1 saturated heterocycles. The smallest absolute Gasteiger partial charge is 0.257 e. The Bertz CT molecular complexity index is 970. The average molecular weight is 410 g/mol. The molecule has 0 aliphatic carbocycles. The second-order valence-corrected chi connectivity index (χ2v) is 7.77. The number of carbonyl (C=O) groups excluding carboxylic acids is 1. The van der Waals surface area contributed by atoms with Crippen molar-refractivity contribution in [3.8, 4) is 11.5 Å². The second-order valence-electron chi connectivity index (χ2n) is 7.77. The van der Waals surface area contributed by atoms with Gasteiger partial charge in [0.2, 0.25) is 0 Å². The highest BCUT2D eigenvalue weighted by Gasteiger charge is 2.23. The van der Waals surface area contributed by atoms with E-state index in [9.17, 15) is 9.18 Å². The highest BCUT2D eigenvalue weighted by molar-refractivity contribution is 5.98. The lowest BCUT2D eigenvalue weighted by atomic mass is 10.2. The van der Waals surface area contributed by atoms with E-state index in [4.69, 9.17) is 0 Å². The van der Waals surface area contributed by atoms with E-state index in [1.54, 1.807) is 16.8 Å². The van der Waals surface area contributed by atoms with Crippen molar-refractivity contribution in [2.24, 2.45) is 0 Å². The Labute approximate surface area is 176 Å². The fraction of sp³-hybridized carbons (Fsp3) is 0.391. The van der Waals surface area contributed by atoms with Gasteiger partial charge in [-0.2, -0.15) is 5.10 Å². The maximum absolute atomic E-state index is 13.4. The molecule has 0 bridgehead atoms. The van der Waals surface area contributed by atoms with Gasteiger partial charge in [-0.25, -0.2) is 9.07 Å². The molecule has 30 heavy (non-hydrogen) atoms. The van der Waals surface area contributed by atoms with Gasteiger partial charge in [-0.15, -0.1) is 0 Å². The summed E-state index contributed by atoms with van der Waals surface area (Å²) in [6.45, 7) is 5.50. The van der Waals surface area contributed by atoms with Crippen LogP contribution in [0.15, 0.2) is 48.8 Å². The standard InChI is InChI=1S/C23H28FN5O/c1-18-21(22(30)25-12-17-27-13-4-2-3-5-14-27)23(28-15-6-7-16-28)29(26-18)20-10-8-19(24)9-11-20/h6-11,15-16H,2-5,12-14,17H2,1H3,(H,25,30). The molecule has 7 heteroatoms. The van der Waals surface area contributed by atoms with Crippen LogP contribution in [0.1, 0.15) is 41.7 Å². The molecule has 0 saturated carbocycles. The molecule has 1 amide bonds. The average Bonchev–Trinajstić information content (AvgIpc) is 3.30. The van der Waals surface area contributed by atoms with Crippen molar-refractivity contribution >= 4 is 5.91 Å². The van der Waals surface area contributed by atoms with Gasteiger partial charge in [-0.1, -0.05) is 12.8 Å². The molecule has 158 valence electrons. The van der Waals surface area contributed by atoms with E-state index in [1.165, 1.54) is 37.8 Å². The van der Waals surface area contributed by atoms with Crippen molar-refractivity contribution in [1.29, 1.82) is 0 Å². The zero-order valence-electron chi connectivity index (χ0n) is 17.4. The van der Waals surface area contributed by atoms with Gasteiger partial charge in [0.05, 0.1) is 11.4 Å². The van der Waals surface area contributed by atoms with Gasteiger partial charge in [0.25, 0.3) is 5.91 Å². The van der Waals surface area contributed by atoms with Crippen molar-refractivity contribution in [1.82, 2.24) is 24.6 Å². The number of amides is 1. The molecule has 4 rings (SSSR count). The number of carbonyl (C=O) groups is 1. The molecule has 1 fully saturated rings. The first-order valence-electron chi connectivity index (χ1n) is 10.6. The van der Waals surface area contributed by atoms with Crippen LogP contribution in [0.5, 0.6) is 0 Å². The number of aromatic nitrogens is 3. The topological polar surface area (TPSA) is 55.1 Å². The van der Waals surface area contributed by atoms with Gasteiger partial charge in [-0.3, -0.25) is 4.79 Å². The first kappa shape index (κ1) is 20.3. The van der Waals surface area contributed by atoms with Crippen LogP contribution in [-0.4, -0.2) is 51.3 Å². The molecule has 0 atom stereocenters. The van der Waals surface area contributed by atoms with Crippen molar-refractivity contribution in [3.63, 3.8) is 0 Å². The number of benzene rings is 1. The summed E-state index contributed by atoms with van der Waals surface area (Å²) in [4.78, 5) is 15.6. The molecule has 3 heterocycles. The van der Waals surface area contributed by atoms with Crippen molar-refractivity contribution in [2.45, 2.75) is 32.6 Å². The molecular weight excluding hydrogens is 381 g/mol. The third kappa shape index (κ3) is 4.46. The van der Waals surface area contributed by atoms with E-state index in [1.807, 2.05) is 36.0 Å². The normalized spacial score (nSPS) is 15.1. The van der Waals surface area contributed by atoms with Crippen LogP contribution in [0.25, 0.3) is 11.5 Å². The second kappa shape index (κ2) is 9.26. The Kier molecular flexibility index (Phi) is 6.28. The molecular formula is C23H28FN5O. The third-order valence-corrected chi connectivity index (χ3v) is 5.60. The number of likely N-dealkylation sites (tertiary alicyclic amines) is 1. The van der Waals surface area contributed by atoms with E-state index < -0.39 is 0 Å². The van der Waals surface area contributed by atoms with Crippen LogP contribution < -0.4 is 5.32 Å².